The summed E-state index contributed by atoms with van der Waals surface area (Å²) in [5, 5.41) is 6.09. The molecule has 0 aliphatic carbocycles. The first kappa shape index (κ1) is 14.5. The van der Waals surface area contributed by atoms with Gasteiger partial charge in [0.15, 0.2) is 0 Å². The third-order valence-electron chi connectivity index (χ3n) is 3.58. The van der Waals surface area contributed by atoms with Crippen molar-refractivity contribution in [2.75, 3.05) is 26.7 Å². The zero-order chi connectivity index (χ0) is 13.0. The highest BCUT2D eigenvalue weighted by molar-refractivity contribution is 5.81. The minimum absolute atomic E-state index is 0.0245. The van der Waals surface area contributed by atoms with E-state index in [0.29, 0.717) is 17.9 Å². The Labute approximate surface area is 105 Å². The maximum atomic E-state index is 11.9. The topological polar surface area (TPSA) is 44.4 Å². The number of hydrogen-bond acceptors (Lipinski definition) is 3. The number of hydrogen-bond donors (Lipinski definition) is 2. The lowest BCUT2D eigenvalue weighted by Crippen LogP contribution is -2.62. The molecule has 100 valence electrons. The van der Waals surface area contributed by atoms with Crippen molar-refractivity contribution in [3.63, 3.8) is 0 Å². The van der Waals surface area contributed by atoms with Crippen LogP contribution in [0, 0.1) is 11.8 Å². The van der Waals surface area contributed by atoms with Gasteiger partial charge in [-0.1, -0.05) is 27.7 Å². The van der Waals surface area contributed by atoms with Crippen molar-refractivity contribution >= 4 is 5.91 Å². The SMILES string of the molecule is CNC(=O)C1CNCCN1C(C(C)C)C(C)C. The molecule has 1 saturated heterocycles. The van der Waals surface area contributed by atoms with Gasteiger partial charge in [-0.05, 0) is 11.8 Å². The van der Waals surface area contributed by atoms with Crippen LogP contribution in [0.15, 0.2) is 0 Å². The Kier molecular flexibility index (Phi) is 5.40. The van der Waals surface area contributed by atoms with E-state index in [1.165, 1.54) is 0 Å². The summed E-state index contributed by atoms with van der Waals surface area (Å²) in [5.74, 6) is 1.27. The van der Waals surface area contributed by atoms with Gasteiger partial charge in [0.1, 0.15) is 6.04 Å². The van der Waals surface area contributed by atoms with Crippen LogP contribution in [0.5, 0.6) is 0 Å². The fraction of sp³-hybridized carbons (Fsp3) is 0.923. The molecule has 1 heterocycles. The van der Waals surface area contributed by atoms with Crippen LogP contribution in [0.4, 0.5) is 0 Å². The molecule has 0 spiro atoms. The molecule has 1 unspecified atom stereocenters. The van der Waals surface area contributed by atoms with Crippen molar-refractivity contribution in [3.05, 3.63) is 0 Å². The number of amides is 1. The molecule has 1 atom stereocenters. The molecule has 1 amide bonds. The summed E-state index contributed by atoms with van der Waals surface area (Å²) in [7, 11) is 1.72. The van der Waals surface area contributed by atoms with E-state index in [0.717, 1.165) is 19.6 Å². The lowest BCUT2D eigenvalue weighted by atomic mass is 9.89. The van der Waals surface area contributed by atoms with Crippen LogP contribution in [0.2, 0.25) is 0 Å². The molecule has 0 saturated carbocycles. The Bertz CT molecular complexity index is 245. The summed E-state index contributed by atoms with van der Waals surface area (Å²) < 4.78 is 0. The van der Waals surface area contributed by atoms with E-state index < -0.39 is 0 Å². The zero-order valence-electron chi connectivity index (χ0n) is 11.8. The van der Waals surface area contributed by atoms with E-state index in [-0.39, 0.29) is 11.9 Å². The summed E-state index contributed by atoms with van der Waals surface area (Å²) in [6, 6.07) is 0.447. The predicted octanol–water partition coefficient (Wildman–Crippen LogP) is 0.687. The van der Waals surface area contributed by atoms with Gasteiger partial charge in [0.25, 0.3) is 0 Å². The van der Waals surface area contributed by atoms with Gasteiger partial charge in [0.05, 0.1) is 0 Å². The summed E-state index contributed by atoms with van der Waals surface area (Å²) in [6.45, 7) is 11.7. The highest BCUT2D eigenvalue weighted by Gasteiger charge is 2.35. The van der Waals surface area contributed by atoms with Crippen LogP contribution in [-0.2, 0) is 4.79 Å². The Hall–Kier alpha value is -0.610. The van der Waals surface area contributed by atoms with Crippen molar-refractivity contribution in [3.8, 4) is 0 Å². The van der Waals surface area contributed by atoms with Crippen molar-refractivity contribution in [1.82, 2.24) is 15.5 Å². The van der Waals surface area contributed by atoms with E-state index in [1.807, 2.05) is 0 Å². The molecule has 0 aromatic rings. The first-order chi connectivity index (χ1) is 7.99. The molecule has 4 nitrogen and oxygen atoms in total. The second kappa shape index (κ2) is 6.36. The average molecular weight is 241 g/mol. The third-order valence-corrected chi connectivity index (χ3v) is 3.58. The van der Waals surface area contributed by atoms with Gasteiger partial charge < -0.3 is 10.6 Å². The number of likely N-dealkylation sites (N-methyl/N-ethyl adjacent to an activating group) is 1. The molecule has 2 N–H and O–H groups in total. The van der Waals surface area contributed by atoms with Crippen LogP contribution in [0.3, 0.4) is 0 Å². The van der Waals surface area contributed by atoms with E-state index >= 15 is 0 Å². The number of carbonyl (C=O) groups excluding carboxylic acids is 1. The van der Waals surface area contributed by atoms with Crippen LogP contribution in [-0.4, -0.2) is 49.6 Å². The van der Waals surface area contributed by atoms with E-state index in [2.05, 4.69) is 43.2 Å². The monoisotopic (exact) mass is 241 g/mol. The smallest absolute Gasteiger partial charge is 0.238 e. The molecule has 17 heavy (non-hydrogen) atoms. The van der Waals surface area contributed by atoms with Gasteiger partial charge in [-0.3, -0.25) is 9.69 Å². The van der Waals surface area contributed by atoms with Gasteiger partial charge in [0, 0.05) is 32.7 Å². The van der Waals surface area contributed by atoms with Crippen molar-refractivity contribution < 1.29 is 4.79 Å². The van der Waals surface area contributed by atoms with E-state index in [1.54, 1.807) is 7.05 Å². The maximum absolute atomic E-state index is 11.9. The lowest BCUT2D eigenvalue weighted by Gasteiger charge is -2.44. The molecule has 1 fully saturated rings. The van der Waals surface area contributed by atoms with Crippen LogP contribution in [0.25, 0.3) is 0 Å². The second-order valence-corrected chi connectivity index (χ2v) is 5.55. The van der Waals surface area contributed by atoms with Gasteiger partial charge in [0.2, 0.25) is 5.91 Å². The van der Waals surface area contributed by atoms with Crippen LogP contribution in [0.1, 0.15) is 27.7 Å². The molecule has 1 aliphatic heterocycles. The summed E-state index contributed by atoms with van der Waals surface area (Å²) in [6.07, 6.45) is 0. The fourth-order valence-electron chi connectivity index (χ4n) is 3.02. The minimum atomic E-state index is -0.0245. The molecule has 1 aliphatic rings. The highest BCUT2D eigenvalue weighted by Crippen LogP contribution is 2.22. The molecule has 0 aromatic heterocycles. The number of nitrogens with zero attached hydrogens (tertiary/aromatic N) is 1. The van der Waals surface area contributed by atoms with Gasteiger partial charge in [-0.25, -0.2) is 0 Å². The summed E-state index contributed by atoms with van der Waals surface area (Å²) >= 11 is 0. The Morgan fingerprint density at radius 1 is 1.29 bits per heavy atom. The lowest BCUT2D eigenvalue weighted by molar-refractivity contribution is -0.128. The standard InChI is InChI=1S/C13H27N3O/c1-9(2)12(10(3)4)16-7-6-15-8-11(16)13(17)14-5/h9-12,15H,6-8H2,1-5H3,(H,14,17). The largest absolute Gasteiger partial charge is 0.358 e. The predicted molar refractivity (Wildman–Crippen MR) is 70.9 cm³/mol. The number of carbonyl (C=O) groups is 1. The molecule has 0 aromatic carbocycles. The minimum Gasteiger partial charge on any atom is -0.358 e. The van der Waals surface area contributed by atoms with Crippen molar-refractivity contribution in [2.45, 2.75) is 39.8 Å². The Morgan fingerprint density at radius 3 is 2.35 bits per heavy atom. The number of piperazine rings is 1. The highest BCUT2D eigenvalue weighted by atomic mass is 16.2. The molecule has 0 bridgehead atoms. The van der Waals surface area contributed by atoms with Crippen molar-refractivity contribution in [1.29, 1.82) is 0 Å². The number of rotatable bonds is 4. The first-order valence-corrected chi connectivity index (χ1v) is 6.67. The molecule has 0 radical (unpaired) electrons. The van der Waals surface area contributed by atoms with E-state index in [9.17, 15) is 4.79 Å². The summed E-state index contributed by atoms with van der Waals surface area (Å²) in [5.41, 5.74) is 0. The first-order valence-electron chi connectivity index (χ1n) is 6.67. The normalized spacial score (nSPS) is 22.5. The molecular weight excluding hydrogens is 214 g/mol. The maximum Gasteiger partial charge on any atom is 0.238 e. The third kappa shape index (κ3) is 3.42. The van der Waals surface area contributed by atoms with Crippen LogP contribution >= 0.6 is 0 Å². The van der Waals surface area contributed by atoms with Gasteiger partial charge >= 0.3 is 0 Å². The van der Waals surface area contributed by atoms with Gasteiger partial charge in [-0.15, -0.1) is 0 Å². The second-order valence-electron chi connectivity index (χ2n) is 5.55. The molecular formula is C13H27N3O. The van der Waals surface area contributed by atoms with Crippen LogP contribution < -0.4 is 10.6 Å². The Balaban J connectivity index is 2.85. The average Bonchev–Trinajstić information content (AvgIpc) is 2.28. The van der Waals surface area contributed by atoms with Crippen molar-refractivity contribution in [2.24, 2.45) is 11.8 Å². The quantitative estimate of drug-likeness (QED) is 0.761. The zero-order valence-corrected chi connectivity index (χ0v) is 11.8. The molecule has 1 rings (SSSR count). The summed E-state index contributed by atoms with van der Waals surface area (Å²) in [4.78, 5) is 14.3. The number of nitrogens with one attached hydrogen (secondary N) is 2. The Morgan fingerprint density at radius 2 is 1.88 bits per heavy atom. The van der Waals surface area contributed by atoms with Gasteiger partial charge in [-0.2, -0.15) is 0 Å². The molecule has 4 heteroatoms. The fourth-order valence-corrected chi connectivity index (χ4v) is 3.02. The van der Waals surface area contributed by atoms with E-state index in [4.69, 9.17) is 0 Å².